The number of rotatable bonds is 8. The van der Waals surface area contributed by atoms with Gasteiger partial charge in [-0.05, 0) is 134 Å². The van der Waals surface area contributed by atoms with Crippen LogP contribution < -0.4 is 58.4 Å². The monoisotopic (exact) mass is 1010 g/mol. The minimum absolute atomic E-state index is 0.0539. The van der Waals surface area contributed by atoms with Gasteiger partial charge >= 0.3 is 0 Å². The molecule has 4 heteroatoms. The Morgan fingerprint density at radius 2 is 0.679 bits per heavy atom. The van der Waals surface area contributed by atoms with Crippen molar-refractivity contribution in [2.75, 3.05) is 4.90 Å². The minimum Gasteiger partial charge on any atom is -0.313 e. The van der Waals surface area contributed by atoms with Crippen molar-refractivity contribution in [3.63, 3.8) is 0 Å². The van der Waals surface area contributed by atoms with Crippen LogP contribution >= 0.6 is 0 Å². The second kappa shape index (κ2) is 18.8. The molecule has 2 heterocycles. The maximum Gasteiger partial charge on any atom is 0.247 e. The number of hydrogen-bond donors (Lipinski definition) is 0. The summed E-state index contributed by atoms with van der Waals surface area (Å²) >= 11 is 0. The topological polar surface area (TPSA) is 3.24 Å². The lowest BCUT2D eigenvalue weighted by Crippen LogP contribution is -2.76. The average Bonchev–Trinajstić information content (AvgIpc) is 3.20. The molecule has 0 spiro atoms. The van der Waals surface area contributed by atoms with Gasteiger partial charge in [-0.2, -0.15) is 0 Å². The molecule has 0 atom stereocenters. The highest BCUT2D eigenvalue weighted by Gasteiger charge is 2.50. The fraction of sp³-hybridized carbons (Fsp3) is 0.0811. The molecule has 2 aliphatic rings. The largest absolute Gasteiger partial charge is 0.313 e. The fourth-order valence-corrected chi connectivity index (χ4v) is 19.8. The van der Waals surface area contributed by atoms with Crippen molar-refractivity contribution in [1.29, 1.82) is 0 Å². The van der Waals surface area contributed by atoms with E-state index in [1.54, 1.807) is 0 Å². The van der Waals surface area contributed by atoms with Crippen LogP contribution in [0.25, 0.3) is 43.8 Å². The fourth-order valence-electron chi connectivity index (χ4n) is 14.8. The van der Waals surface area contributed by atoms with Crippen molar-refractivity contribution in [2.24, 2.45) is 0 Å². The van der Waals surface area contributed by atoms with E-state index in [4.69, 9.17) is 0 Å². The molecule has 12 aromatic rings. The molecule has 0 saturated heterocycles. The van der Waals surface area contributed by atoms with Gasteiger partial charge in [-0.1, -0.05) is 287 Å². The summed E-state index contributed by atoms with van der Waals surface area (Å²) < 4.78 is 0. The number of nitrogens with zero attached hydrogens (tertiary/aromatic N) is 1. The van der Waals surface area contributed by atoms with Crippen LogP contribution in [0.3, 0.4) is 0 Å². The molecule has 0 saturated carbocycles. The number of aryl methyl sites for hydroxylation is 6. The van der Waals surface area contributed by atoms with E-state index in [1.807, 2.05) is 0 Å². The van der Waals surface area contributed by atoms with Crippen LogP contribution in [0.1, 0.15) is 33.4 Å². The van der Waals surface area contributed by atoms with Crippen LogP contribution in [-0.2, 0) is 0 Å². The van der Waals surface area contributed by atoms with E-state index in [1.165, 1.54) is 148 Å². The highest BCUT2D eigenvalue weighted by atomic mass is 28.3. The van der Waals surface area contributed by atoms with Gasteiger partial charge in [0.15, 0.2) is 8.07 Å². The van der Waals surface area contributed by atoms with Crippen molar-refractivity contribution in [1.82, 2.24) is 0 Å². The van der Waals surface area contributed by atoms with Gasteiger partial charge < -0.3 is 4.90 Å². The van der Waals surface area contributed by atoms with E-state index >= 15 is 0 Å². The molecule has 0 aromatic heterocycles. The molecule has 12 aromatic carbocycles. The molecule has 78 heavy (non-hydrogen) atoms. The number of hydrogen-bond acceptors (Lipinski definition) is 1. The Balaban J connectivity index is 1.19. The van der Waals surface area contributed by atoms with Gasteiger partial charge in [0.1, 0.15) is 0 Å². The van der Waals surface area contributed by atoms with Gasteiger partial charge in [-0.15, -0.1) is 0 Å². The van der Waals surface area contributed by atoms with E-state index in [2.05, 4.69) is 295 Å². The molecule has 0 fully saturated rings. The van der Waals surface area contributed by atoms with Gasteiger partial charge in [0, 0.05) is 17.1 Å². The summed E-state index contributed by atoms with van der Waals surface area (Å²) in [6.45, 7) is 13.8. The first-order valence-electron chi connectivity index (χ1n) is 27.7. The van der Waals surface area contributed by atoms with Gasteiger partial charge in [0.2, 0.25) is 13.4 Å². The number of para-hydroxylation sites is 2. The maximum absolute atomic E-state index is 3.14. The van der Waals surface area contributed by atoms with E-state index in [9.17, 15) is 0 Å². The van der Waals surface area contributed by atoms with Crippen LogP contribution in [0.4, 0.5) is 17.1 Å². The quantitative estimate of drug-likeness (QED) is 0.0833. The number of benzene rings is 12. The van der Waals surface area contributed by atoms with Crippen molar-refractivity contribution >= 4 is 114 Å². The zero-order chi connectivity index (χ0) is 52.8. The summed E-state index contributed by atoms with van der Waals surface area (Å²) in [5, 5.41) is 10.5. The lowest BCUT2D eigenvalue weighted by Gasteiger charge is -2.47. The SMILES string of the molecule is Cc1cc(C)c(B2c3ccccc3N3c4c2cc(-c2c5ccccc5c(-c5ccccc5)c5ccccc25)cc4B(c2c(C)cc(C)cc2C)c2cccc([Si](c4ccccc4)(c4ccccc4)c4ccccc4)c23)c(C)c1. The van der Waals surface area contributed by atoms with Gasteiger partial charge in [0.05, 0.1) is 0 Å². The van der Waals surface area contributed by atoms with Crippen LogP contribution in [0.15, 0.2) is 249 Å². The molecule has 0 aliphatic carbocycles. The molecule has 1 nitrogen and oxygen atoms in total. The Bertz CT molecular complexity index is 4130. The van der Waals surface area contributed by atoms with Gasteiger partial charge in [0.25, 0.3) is 0 Å². The molecule has 0 bridgehead atoms. The van der Waals surface area contributed by atoms with E-state index in [-0.39, 0.29) is 13.4 Å². The molecule has 0 amide bonds. The smallest absolute Gasteiger partial charge is 0.247 e. The molecule has 0 N–H and O–H groups in total. The van der Waals surface area contributed by atoms with Crippen molar-refractivity contribution < 1.29 is 0 Å². The summed E-state index contributed by atoms with van der Waals surface area (Å²) in [5.41, 5.74) is 24.9. The predicted octanol–water partition coefficient (Wildman–Crippen LogP) is 11.7. The van der Waals surface area contributed by atoms with Crippen molar-refractivity contribution in [3.05, 3.63) is 282 Å². The maximum atomic E-state index is 2.77. The summed E-state index contributed by atoms with van der Waals surface area (Å²) in [4.78, 5) is 2.77. The Morgan fingerprint density at radius 1 is 0.308 bits per heavy atom. The Labute approximate surface area is 461 Å². The highest BCUT2D eigenvalue weighted by Crippen LogP contribution is 2.45. The standard InChI is InChI=1S/C74H59B2NSi/c1-48-42-50(3)71(51(4)43-48)75-63-38-23-24-40-67(63)77-73-65(75)46-55(70-61-36-21-19-34-59(61)69(54-26-11-7-12-27-54)60-35-20-22-37-62(60)70)47-66(73)76(72-52(5)44-49(2)45-53(72)6)64-39-25-41-68(74(64)77)78(56-28-13-8-14-29-56,57-30-15-9-16-31-57)58-32-17-10-18-33-58/h7-47H,1-6H3. The zero-order valence-corrected chi connectivity index (χ0v) is 46.3. The average molecular weight is 1010 g/mol. The molecule has 370 valence electrons. The molecule has 14 rings (SSSR count). The summed E-state index contributed by atoms with van der Waals surface area (Å²) in [6, 6.07) is 95.6. The first-order valence-corrected chi connectivity index (χ1v) is 29.7. The number of fused-ring (bicyclic) bond motifs is 6. The lowest BCUT2D eigenvalue weighted by atomic mass is 9.29. The molecular formula is C74H59B2NSi. The third-order valence-corrected chi connectivity index (χ3v) is 22.3. The molecular weight excluding hydrogens is 953 g/mol. The Hall–Kier alpha value is -8.69. The number of anilines is 3. The summed E-state index contributed by atoms with van der Waals surface area (Å²) in [7, 11) is -3.14. The second-order valence-electron chi connectivity index (χ2n) is 22.2. The third-order valence-electron chi connectivity index (χ3n) is 17.5. The zero-order valence-electron chi connectivity index (χ0n) is 45.3. The molecule has 2 aliphatic heterocycles. The predicted molar refractivity (Wildman–Crippen MR) is 341 cm³/mol. The Morgan fingerprint density at radius 3 is 1.14 bits per heavy atom. The highest BCUT2D eigenvalue weighted by molar-refractivity contribution is 7.21. The van der Waals surface area contributed by atoms with E-state index in [0.29, 0.717) is 0 Å². The van der Waals surface area contributed by atoms with Crippen LogP contribution in [0, 0.1) is 41.5 Å². The minimum atomic E-state index is -3.14. The first kappa shape index (κ1) is 47.7. The van der Waals surface area contributed by atoms with Crippen molar-refractivity contribution in [2.45, 2.75) is 41.5 Å². The molecule has 0 radical (unpaired) electrons. The van der Waals surface area contributed by atoms with E-state index < -0.39 is 8.07 Å². The Kier molecular flexibility index (Phi) is 11.5. The van der Waals surface area contributed by atoms with Crippen LogP contribution in [0.5, 0.6) is 0 Å². The third kappa shape index (κ3) is 7.23. The summed E-state index contributed by atoms with van der Waals surface area (Å²) in [5.74, 6) is 0. The second-order valence-corrected chi connectivity index (χ2v) is 26.0. The van der Waals surface area contributed by atoms with Crippen LogP contribution in [-0.4, -0.2) is 21.5 Å². The van der Waals surface area contributed by atoms with Gasteiger partial charge in [-0.25, -0.2) is 0 Å². The normalized spacial score (nSPS) is 12.7. The first-order chi connectivity index (χ1) is 38.2. The lowest BCUT2D eigenvalue weighted by molar-refractivity contribution is 1.30. The summed E-state index contributed by atoms with van der Waals surface area (Å²) in [6.07, 6.45) is 0. The van der Waals surface area contributed by atoms with Crippen molar-refractivity contribution in [3.8, 4) is 22.3 Å². The van der Waals surface area contributed by atoms with E-state index in [0.717, 1.165) is 0 Å². The van der Waals surface area contributed by atoms with Crippen LogP contribution in [0.2, 0.25) is 0 Å². The molecule has 0 unspecified atom stereocenters. The van der Waals surface area contributed by atoms with Gasteiger partial charge in [-0.3, -0.25) is 0 Å².